The first kappa shape index (κ1) is 21.6. The molecule has 0 heterocycles. The third-order valence-electron chi connectivity index (χ3n) is 3.81. The molecule has 0 spiro atoms. The van der Waals surface area contributed by atoms with E-state index in [4.69, 9.17) is 21.6 Å². The minimum Gasteiger partial charge on any atom is -0.456 e. The lowest BCUT2D eigenvalue weighted by Gasteiger charge is -2.14. The molecule has 0 unspecified atom stereocenters. The SMILES string of the molecule is Cc1cc(Oc2cc(F)c(C(=O)NS(=O)(=O)N(C)C)cc2Cl)cc(C)c1C#N. The van der Waals surface area contributed by atoms with Crippen LogP contribution in [0.3, 0.4) is 0 Å². The van der Waals surface area contributed by atoms with Gasteiger partial charge >= 0.3 is 10.2 Å². The normalized spacial score (nSPS) is 11.2. The van der Waals surface area contributed by atoms with E-state index in [1.807, 2.05) is 0 Å². The molecule has 2 aromatic carbocycles. The quantitative estimate of drug-likeness (QED) is 0.792. The Balaban J connectivity index is 2.35. The van der Waals surface area contributed by atoms with Crippen LogP contribution in [-0.2, 0) is 10.2 Å². The van der Waals surface area contributed by atoms with Crippen LogP contribution in [0.25, 0.3) is 0 Å². The van der Waals surface area contributed by atoms with Crippen molar-refractivity contribution in [3.8, 4) is 17.6 Å². The van der Waals surface area contributed by atoms with Crippen LogP contribution in [0, 0.1) is 31.0 Å². The van der Waals surface area contributed by atoms with Crippen molar-refractivity contribution >= 4 is 27.7 Å². The highest BCUT2D eigenvalue weighted by Crippen LogP contribution is 2.33. The number of nitriles is 1. The van der Waals surface area contributed by atoms with Gasteiger partial charge in [-0.1, -0.05) is 11.6 Å². The molecule has 28 heavy (non-hydrogen) atoms. The Bertz CT molecular complexity index is 1070. The summed E-state index contributed by atoms with van der Waals surface area (Å²) in [6, 6.07) is 7.16. The summed E-state index contributed by atoms with van der Waals surface area (Å²) in [5, 5.41) is 9.02. The second-order valence-electron chi connectivity index (χ2n) is 6.13. The van der Waals surface area contributed by atoms with Gasteiger partial charge in [-0.2, -0.15) is 18.0 Å². The maximum absolute atomic E-state index is 14.4. The van der Waals surface area contributed by atoms with E-state index in [0.29, 0.717) is 22.4 Å². The van der Waals surface area contributed by atoms with Gasteiger partial charge in [0.25, 0.3) is 5.91 Å². The Hall–Kier alpha value is -2.67. The lowest BCUT2D eigenvalue weighted by molar-refractivity contribution is 0.0976. The van der Waals surface area contributed by atoms with Crippen molar-refractivity contribution in [2.75, 3.05) is 14.1 Å². The van der Waals surface area contributed by atoms with Gasteiger partial charge in [-0.05, 0) is 43.2 Å². The minimum atomic E-state index is -4.08. The summed E-state index contributed by atoms with van der Waals surface area (Å²) in [7, 11) is -1.64. The summed E-state index contributed by atoms with van der Waals surface area (Å²) in [4.78, 5) is 12.1. The number of benzene rings is 2. The highest BCUT2D eigenvalue weighted by molar-refractivity contribution is 7.87. The molecule has 2 rings (SSSR count). The molecule has 0 atom stereocenters. The molecule has 10 heteroatoms. The summed E-state index contributed by atoms with van der Waals surface area (Å²) in [6.45, 7) is 3.47. The van der Waals surface area contributed by atoms with Gasteiger partial charge in [0.1, 0.15) is 17.3 Å². The highest BCUT2D eigenvalue weighted by atomic mass is 35.5. The van der Waals surface area contributed by atoms with Crippen LogP contribution >= 0.6 is 11.6 Å². The third-order valence-corrected chi connectivity index (χ3v) is 5.51. The number of amides is 1. The smallest absolute Gasteiger partial charge is 0.303 e. The monoisotopic (exact) mass is 425 g/mol. The molecular formula is C18H17ClFN3O4S. The number of carbonyl (C=O) groups is 1. The van der Waals surface area contributed by atoms with Crippen molar-refractivity contribution in [2.24, 2.45) is 0 Å². The van der Waals surface area contributed by atoms with E-state index in [2.05, 4.69) is 6.07 Å². The van der Waals surface area contributed by atoms with Crippen LogP contribution < -0.4 is 9.46 Å². The number of nitrogens with zero attached hydrogens (tertiary/aromatic N) is 2. The molecule has 0 aliphatic rings. The first-order valence-electron chi connectivity index (χ1n) is 7.89. The molecule has 0 aromatic heterocycles. The molecule has 7 nitrogen and oxygen atoms in total. The summed E-state index contributed by atoms with van der Waals surface area (Å²) in [5.41, 5.74) is 1.33. The number of hydrogen-bond acceptors (Lipinski definition) is 5. The predicted octanol–water partition coefficient (Wildman–Crippen LogP) is 3.30. The number of rotatable bonds is 5. The Morgan fingerprint density at radius 2 is 1.79 bits per heavy atom. The van der Waals surface area contributed by atoms with E-state index in [-0.39, 0.29) is 10.8 Å². The van der Waals surface area contributed by atoms with Crippen LogP contribution in [0.5, 0.6) is 11.5 Å². The zero-order valence-corrected chi connectivity index (χ0v) is 17.1. The predicted molar refractivity (Wildman–Crippen MR) is 102 cm³/mol. The van der Waals surface area contributed by atoms with Gasteiger partial charge in [-0.15, -0.1) is 0 Å². The molecule has 0 aliphatic heterocycles. The first-order chi connectivity index (χ1) is 13.0. The Morgan fingerprint density at radius 3 is 2.29 bits per heavy atom. The van der Waals surface area contributed by atoms with E-state index >= 15 is 0 Å². The first-order valence-corrected chi connectivity index (χ1v) is 9.71. The van der Waals surface area contributed by atoms with Crippen molar-refractivity contribution in [1.82, 2.24) is 9.03 Å². The van der Waals surface area contributed by atoms with Crippen LogP contribution in [0.1, 0.15) is 27.0 Å². The van der Waals surface area contributed by atoms with E-state index in [0.717, 1.165) is 16.4 Å². The number of carbonyl (C=O) groups excluding carboxylic acids is 1. The number of nitrogens with one attached hydrogen (secondary N) is 1. The molecular weight excluding hydrogens is 409 g/mol. The second-order valence-corrected chi connectivity index (χ2v) is 8.42. The van der Waals surface area contributed by atoms with Gasteiger partial charge in [0.15, 0.2) is 0 Å². The van der Waals surface area contributed by atoms with Gasteiger partial charge in [-0.25, -0.2) is 9.11 Å². The molecule has 1 amide bonds. The van der Waals surface area contributed by atoms with Crippen molar-refractivity contribution in [3.63, 3.8) is 0 Å². The van der Waals surface area contributed by atoms with Gasteiger partial charge in [0.05, 0.1) is 22.2 Å². The van der Waals surface area contributed by atoms with Crippen LogP contribution in [0.4, 0.5) is 4.39 Å². The molecule has 1 N–H and O–H groups in total. The molecule has 0 saturated carbocycles. The fourth-order valence-corrected chi connectivity index (χ4v) is 3.06. The van der Waals surface area contributed by atoms with E-state index in [9.17, 15) is 17.6 Å². The Morgan fingerprint density at radius 1 is 1.21 bits per heavy atom. The summed E-state index contributed by atoms with van der Waals surface area (Å²) in [5.74, 6) is -1.89. The van der Waals surface area contributed by atoms with Crippen molar-refractivity contribution < 1.29 is 22.3 Å². The number of hydrogen-bond donors (Lipinski definition) is 1. The topological polar surface area (TPSA) is 99.5 Å². The van der Waals surface area contributed by atoms with E-state index in [1.165, 1.54) is 14.1 Å². The fraction of sp³-hybridized carbons (Fsp3) is 0.222. The lowest BCUT2D eigenvalue weighted by atomic mass is 10.0. The van der Waals surface area contributed by atoms with E-state index < -0.39 is 27.5 Å². The molecule has 0 bridgehead atoms. The maximum Gasteiger partial charge on any atom is 0.303 e. The second kappa shape index (κ2) is 8.14. The lowest BCUT2D eigenvalue weighted by Crippen LogP contribution is -2.39. The van der Waals surface area contributed by atoms with Gasteiger partial charge in [0.2, 0.25) is 0 Å². The zero-order chi connectivity index (χ0) is 21.2. The van der Waals surface area contributed by atoms with Gasteiger partial charge in [-0.3, -0.25) is 4.79 Å². The average molecular weight is 426 g/mol. The molecule has 2 aromatic rings. The van der Waals surface area contributed by atoms with Gasteiger partial charge < -0.3 is 4.74 Å². The highest BCUT2D eigenvalue weighted by Gasteiger charge is 2.22. The Kier molecular flexibility index (Phi) is 6.29. The van der Waals surface area contributed by atoms with Gasteiger partial charge in [0, 0.05) is 20.2 Å². The van der Waals surface area contributed by atoms with Crippen molar-refractivity contribution in [3.05, 3.63) is 57.4 Å². The third kappa shape index (κ3) is 4.59. The molecule has 148 valence electrons. The van der Waals surface area contributed by atoms with Crippen LogP contribution in [0.2, 0.25) is 5.02 Å². The molecule has 0 aliphatic carbocycles. The zero-order valence-electron chi connectivity index (χ0n) is 15.5. The molecule has 0 fully saturated rings. The standard InChI is InChI=1S/C18H17ClFN3O4S/c1-10-5-12(6-11(2)14(10)9-21)27-17-8-16(20)13(7-15(17)19)18(24)22-28(25,26)23(3)4/h5-8H,1-4H3,(H,22,24). The summed E-state index contributed by atoms with van der Waals surface area (Å²) in [6.07, 6.45) is 0. The fourth-order valence-electron chi connectivity index (χ4n) is 2.33. The maximum atomic E-state index is 14.4. The Labute approximate surface area is 167 Å². The number of halogens is 2. The summed E-state index contributed by atoms with van der Waals surface area (Å²) < 4.78 is 45.9. The van der Waals surface area contributed by atoms with Crippen LogP contribution in [0.15, 0.2) is 24.3 Å². The average Bonchev–Trinajstić information content (AvgIpc) is 2.57. The molecule has 0 radical (unpaired) electrons. The van der Waals surface area contributed by atoms with Crippen molar-refractivity contribution in [1.29, 1.82) is 5.26 Å². The minimum absolute atomic E-state index is 0.0605. The number of aryl methyl sites for hydroxylation is 2. The van der Waals surface area contributed by atoms with Crippen LogP contribution in [-0.4, -0.2) is 32.7 Å². The summed E-state index contributed by atoms with van der Waals surface area (Å²) >= 11 is 6.08. The number of ether oxygens (including phenoxy) is 1. The molecule has 0 saturated heterocycles. The largest absolute Gasteiger partial charge is 0.456 e. The van der Waals surface area contributed by atoms with Crippen molar-refractivity contribution in [2.45, 2.75) is 13.8 Å². The van der Waals surface area contributed by atoms with E-state index in [1.54, 1.807) is 30.7 Å².